The zero-order chi connectivity index (χ0) is 20.5. The van der Waals surface area contributed by atoms with E-state index in [1.165, 1.54) is 7.11 Å². The van der Waals surface area contributed by atoms with Crippen LogP contribution in [-0.2, 0) is 16.0 Å². The molecule has 2 N–H and O–H groups in total. The average Bonchev–Trinajstić information content (AvgIpc) is 3.15. The van der Waals surface area contributed by atoms with Crippen molar-refractivity contribution >= 4 is 16.9 Å². The van der Waals surface area contributed by atoms with Crippen LogP contribution < -0.4 is 19.5 Å². The second kappa shape index (κ2) is 7.67. The molecule has 0 radical (unpaired) electrons. The van der Waals surface area contributed by atoms with Crippen LogP contribution >= 0.6 is 0 Å². The number of hydrogen-bond donors (Lipinski definition) is 2. The van der Waals surface area contributed by atoms with Crippen LogP contribution in [0.15, 0.2) is 36.4 Å². The molecule has 0 saturated carbocycles. The van der Waals surface area contributed by atoms with Crippen molar-refractivity contribution < 1.29 is 23.7 Å². The number of H-pyrrole nitrogens is 1. The first-order valence-corrected chi connectivity index (χ1v) is 9.34. The first-order valence-electron chi connectivity index (χ1n) is 9.34. The topological polar surface area (TPSA) is 81.8 Å². The number of fused-ring (bicyclic) bond motifs is 3. The number of carbonyl (C=O) groups excluding carboxylic acids is 1. The fourth-order valence-electron chi connectivity index (χ4n) is 4.06. The predicted molar refractivity (Wildman–Crippen MR) is 109 cm³/mol. The number of benzene rings is 2. The SMILES string of the molecule is COC(=O)[C@H]1Cc2c([nH]c3ccccc23)[C@H](c2cc(OC)c(OC)c(OC)c2)N1. The van der Waals surface area contributed by atoms with Crippen molar-refractivity contribution in [2.75, 3.05) is 28.4 Å². The summed E-state index contributed by atoms with van der Waals surface area (Å²) in [5.74, 6) is 1.34. The van der Waals surface area contributed by atoms with Gasteiger partial charge in [0.05, 0.1) is 34.5 Å². The van der Waals surface area contributed by atoms with Gasteiger partial charge in [-0.25, -0.2) is 0 Å². The molecule has 152 valence electrons. The third-order valence-corrected chi connectivity index (χ3v) is 5.42. The Morgan fingerprint density at radius 3 is 2.31 bits per heavy atom. The minimum Gasteiger partial charge on any atom is -0.493 e. The molecule has 1 aromatic heterocycles. The molecule has 1 aliphatic rings. The van der Waals surface area contributed by atoms with Gasteiger partial charge in [-0.3, -0.25) is 10.1 Å². The maximum absolute atomic E-state index is 12.4. The molecule has 0 unspecified atom stereocenters. The third kappa shape index (κ3) is 3.17. The summed E-state index contributed by atoms with van der Waals surface area (Å²) in [6.45, 7) is 0. The Hall–Kier alpha value is -3.19. The van der Waals surface area contributed by atoms with Gasteiger partial charge < -0.3 is 23.9 Å². The average molecular weight is 396 g/mol. The normalized spacial score (nSPS) is 18.2. The van der Waals surface area contributed by atoms with Gasteiger partial charge in [0.2, 0.25) is 5.75 Å². The van der Waals surface area contributed by atoms with Crippen molar-refractivity contribution in [3.63, 3.8) is 0 Å². The van der Waals surface area contributed by atoms with E-state index >= 15 is 0 Å². The number of carbonyl (C=O) groups is 1. The Labute approximate surface area is 168 Å². The summed E-state index contributed by atoms with van der Waals surface area (Å²) in [6.07, 6.45) is 0.549. The van der Waals surface area contributed by atoms with E-state index in [2.05, 4.69) is 16.4 Å². The van der Waals surface area contributed by atoms with Gasteiger partial charge in [0.1, 0.15) is 6.04 Å². The zero-order valence-corrected chi connectivity index (χ0v) is 16.9. The monoisotopic (exact) mass is 396 g/mol. The maximum atomic E-state index is 12.4. The van der Waals surface area contributed by atoms with E-state index in [0.717, 1.165) is 27.7 Å². The molecule has 1 aliphatic heterocycles. The van der Waals surface area contributed by atoms with Gasteiger partial charge >= 0.3 is 5.97 Å². The molecule has 29 heavy (non-hydrogen) atoms. The van der Waals surface area contributed by atoms with Crippen molar-refractivity contribution in [3.05, 3.63) is 53.2 Å². The number of hydrogen-bond acceptors (Lipinski definition) is 6. The standard InChI is InChI=1S/C22H24N2O5/c1-26-17-9-12(10-18(27-2)21(17)28-3)19-20-14(11-16(24-19)22(25)29-4)13-7-5-6-8-15(13)23-20/h5-10,16,19,23-24H,11H2,1-4H3/t16-,19+/m1/s1. The third-order valence-electron chi connectivity index (χ3n) is 5.42. The van der Waals surface area contributed by atoms with Crippen LogP contribution in [0.1, 0.15) is 22.9 Å². The Morgan fingerprint density at radius 1 is 1.00 bits per heavy atom. The van der Waals surface area contributed by atoms with Crippen LogP contribution in [0.4, 0.5) is 0 Å². The summed E-state index contributed by atoms with van der Waals surface area (Å²) in [5, 5.41) is 4.53. The Balaban J connectivity index is 1.90. The largest absolute Gasteiger partial charge is 0.493 e. The van der Waals surface area contributed by atoms with Crippen LogP contribution in [0.2, 0.25) is 0 Å². The first-order chi connectivity index (χ1) is 14.1. The highest BCUT2D eigenvalue weighted by Gasteiger charge is 2.35. The van der Waals surface area contributed by atoms with Gasteiger partial charge in [0.15, 0.2) is 11.5 Å². The molecule has 0 saturated heterocycles. The molecule has 2 heterocycles. The molecule has 4 rings (SSSR count). The van der Waals surface area contributed by atoms with Crippen LogP contribution in [0.3, 0.4) is 0 Å². The van der Waals surface area contributed by atoms with E-state index in [-0.39, 0.29) is 12.0 Å². The highest BCUT2D eigenvalue weighted by molar-refractivity contribution is 5.87. The first kappa shape index (κ1) is 19.1. The Kier molecular flexibility index (Phi) is 5.07. The van der Waals surface area contributed by atoms with Crippen LogP contribution in [0.5, 0.6) is 17.2 Å². The molecule has 7 nitrogen and oxygen atoms in total. The lowest BCUT2D eigenvalue weighted by atomic mass is 9.90. The summed E-state index contributed by atoms with van der Waals surface area (Å²) in [4.78, 5) is 15.9. The summed E-state index contributed by atoms with van der Waals surface area (Å²) in [6, 6.07) is 11.1. The Bertz CT molecular complexity index is 1030. The predicted octanol–water partition coefficient (Wildman–Crippen LogP) is 2.97. The molecule has 0 bridgehead atoms. The summed E-state index contributed by atoms with van der Waals surface area (Å²) < 4.78 is 21.5. The Morgan fingerprint density at radius 2 is 1.69 bits per heavy atom. The minimum atomic E-state index is -0.462. The quantitative estimate of drug-likeness (QED) is 0.646. The number of esters is 1. The molecular weight excluding hydrogens is 372 g/mol. The number of rotatable bonds is 5. The van der Waals surface area contributed by atoms with Crippen LogP contribution in [0, 0.1) is 0 Å². The molecule has 3 aromatic rings. The van der Waals surface area contributed by atoms with E-state index in [1.54, 1.807) is 21.3 Å². The number of para-hydroxylation sites is 1. The molecule has 2 atom stereocenters. The number of aromatic nitrogens is 1. The van der Waals surface area contributed by atoms with Crippen LogP contribution in [0.25, 0.3) is 10.9 Å². The lowest BCUT2D eigenvalue weighted by Crippen LogP contribution is -2.45. The zero-order valence-electron chi connectivity index (χ0n) is 16.9. The van der Waals surface area contributed by atoms with E-state index in [9.17, 15) is 4.79 Å². The summed E-state index contributed by atoms with van der Waals surface area (Å²) in [5.41, 5.74) is 4.04. The molecule has 0 fully saturated rings. The second-order valence-corrected chi connectivity index (χ2v) is 6.90. The number of nitrogens with one attached hydrogen (secondary N) is 2. The maximum Gasteiger partial charge on any atom is 0.323 e. The number of methoxy groups -OCH3 is 4. The minimum absolute atomic E-state index is 0.274. The smallest absolute Gasteiger partial charge is 0.323 e. The van der Waals surface area contributed by atoms with Crippen molar-refractivity contribution in [1.29, 1.82) is 0 Å². The molecular formula is C22H24N2O5. The van der Waals surface area contributed by atoms with E-state index < -0.39 is 6.04 Å². The van der Waals surface area contributed by atoms with Gasteiger partial charge in [0, 0.05) is 23.0 Å². The molecule has 0 amide bonds. The molecule has 2 aromatic carbocycles. The lowest BCUT2D eigenvalue weighted by Gasteiger charge is -2.31. The van der Waals surface area contributed by atoms with Gasteiger partial charge in [0.25, 0.3) is 0 Å². The fraction of sp³-hybridized carbons (Fsp3) is 0.318. The summed E-state index contributed by atoms with van der Waals surface area (Å²) >= 11 is 0. The van der Waals surface area contributed by atoms with Gasteiger partial charge in [-0.1, -0.05) is 18.2 Å². The van der Waals surface area contributed by atoms with Crippen molar-refractivity contribution in [2.45, 2.75) is 18.5 Å². The van der Waals surface area contributed by atoms with E-state index in [4.69, 9.17) is 18.9 Å². The van der Waals surface area contributed by atoms with Gasteiger partial charge in [-0.2, -0.15) is 0 Å². The molecule has 0 aliphatic carbocycles. The number of aromatic amines is 1. The van der Waals surface area contributed by atoms with Gasteiger partial charge in [-0.15, -0.1) is 0 Å². The van der Waals surface area contributed by atoms with Crippen molar-refractivity contribution in [3.8, 4) is 17.2 Å². The molecule has 7 heteroatoms. The fourth-order valence-corrected chi connectivity index (χ4v) is 4.06. The molecule has 0 spiro atoms. The highest BCUT2D eigenvalue weighted by Crippen LogP contribution is 2.43. The lowest BCUT2D eigenvalue weighted by molar-refractivity contribution is -0.143. The van der Waals surface area contributed by atoms with Crippen molar-refractivity contribution in [1.82, 2.24) is 10.3 Å². The van der Waals surface area contributed by atoms with Gasteiger partial charge in [-0.05, 0) is 29.3 Å². The highest BCUT2D eigenvalue weighted by atomic mass is 16.5. The van der Waals surface area contributed by atoms with Crippen molar-refractivity contribution in [2.24, 2.45) is 0 Å². The van der Waals surface area contributed by atoms with E-state index in [1.807, 2.05) is 30.3 Å². The van der Waals surface area contributed by atoms with Crippen LogP contribution in [-0.4, -0.2) is 45.4 Å². The summed E-state index contributed by atoms with van der Waals surface area (Å²) in [7, 11) is 6.15. The van der Waals surface area contributed by atoms with E-state index in [0.29, 0.717) is 23.7 Å². The second-order valence-electron chi connectivity index (χ2n) is 6.90. The number of ether oxygens (including phenoxy) is 4.